The van der Waals surface area contributed by atoms with Crippen molar-refractivity contribution in [3.05, 3.63) is 91.0 Å². The number of amides is 1. The first-order chi connectivity index (χ1) is 15.5. The van der Waals surface area contributed by atoms with E-state index in [-0.39, 0.29) is 23.9 Å². The molecule has 2 heterocycles. The van der Waals surface area contributed by atoms with Gasteiger partial charge in [-0.25, -0.2) is 13.4 Å². The molecule has 0 aliphatic carbocycles. The molecule has 7 nitrogen and oxygen atoms in total. The number of benzene rings is 3. The SMILES string of the molecule is O=C(c1cncn1-c1ccccc1)N1CCN(S(=O)(=O)c2ccc3ccccc3c2)CC1. The Kier molecular flexibility index (Phi) is 5.24. The summed E-state index contributed by atoms with van der Waals surface area (Å²) in [6, 6.07) is 22.4. The minimum Gasteiger partial charge on any atom is -0.335 e. The summed E-state index contributed by atoms with van der Waals surface area (Å²) in [4.78, 5) is 19.2. The molecule has 0 N–H and O–H groups in total. The molecular formula is C24H22N4O3S. The van der Waals surface area contributed by atoms with Crippen molar-refractivity contribution in [2.24, 2.45) is 0 Å². The summed E-state index contributed by atoms with van der Waals surface area (Å²) < 4.78 is 29.6. The zero-order valence-electron chi connectivity index (χ0n) is 17.3. The smallest absolute Gasteiger partial charge is 0.272 e. The Morgan fingerprint density at radius 3 is 2.25 bits per heavy atom. The number of carbonyl (C=O) groups is 1. The van der Waals surface area contributed by atoms with E-state index >= 15 is 0 Å². The van der Waals surface area contributed by atoms with Gasteiger partial charge in [-0.15, -0.1) is 0 Å². The molecule has 5 rings (SSSR count). The van der Waals surface area contributed by atoms with Crippen molar-refractivity contribution in [3.63, 3.8) is 0 Å². The van der Waals surface area contributed by atoms with Gasteiger partial charge < -0.3 is 4.90 Å². The summed E-state index contributed by atoms with van der Waals surface area (Å²) in [5.41, 5.74) is 1.31. The molecule has 3 aromatic carbocycles. The van der Waals surface area contributed by atoms with Gasteiger partial charge in [-0.05, 0) is 35.0 Å². The molecule has 1 aliphatic heterocycles. The van der Waals surface area contributed by atoms with Gasteiger partial charge in [0.2, 0.25) is 10.0 Å². The van der Waals surface area contributed by atoms with E-state index < -0.39 is 10.0 Å². The number of hydrogen-bond acceptors (Lipinski definition) is 4. The van der Waals surface area contributed by atoms with Gasteiger partial charge in [0.1, 0.15) is 5.69 Å². The summed E-state index contributed by atoms with van der Waals surface area (Å²) in [5.74, 6) is -0.158. The summed E-state index contributed by atoms with van der Waals surface area (Å²) in [6.45, 7) is 1.15. The Bertz CT molecular complexity index is 1370. The standard InChI is InChI=1S/C24H22N4O3S/c29-24(23-17-25-18-28(23)21-8-2-1-3-9-21)26-12-14-27(15-13-26)32(30,31)22-11-10-19-6-4-5-7-20(19)16-22/h1-11,16-18H,12-15H2. The molecule has 1 saturated heterocycles. The molecule has 162 valence electrons. The molecule has 4 aromatic rings. The molecule has 0 unspecified atom stereocenters. The van der Waals surface area contributed by atoms with Crippen LogP contribution in [0.4, 0.5) is 0 Å². The summed E-state index contributed by atoms with van der Waals surface area (Å²) in [7, 11) is -3.63. The second-order valence-corrected chi connectivity index (χ2v) is 9.63. The van der Waals surface area contributed by atoms with Crippen LogP contribution in [0.25, 0.3) is 16.5 Å². The molecule has 32 heavy (non-hydrogen) atoms. The zero-order chi connectivity index (χ0) is 22.1. The van der Waals surface area contributed by atoms with E-state index in [0.717, 1.165) is 16.5 Å². The summed E-state index contributed by atoms with van der Waals surface area (Å²) in [6.07, 6.45) is 3.16. The lowest BCUT2D eigenvalue weighted by Gasteiger charge is -2.34. The van der Waals surface area contributed by atoms with Crippen molar-refractivity contribution in [1.29, 1.82) is 0 Å². The lowest BCUT2D eigenvalue weighted by atomic mass is 10.1. The van der Waals surface area contributed by atoms with Gasteiger partial charge in [-0.1, -0.05) is 48.5 Å². The van der Waals surface area contributed by atoms with E-state index in [4.69, 9.17) is 0 Å². The van der Waals surface area contributed by atoms with Crippen LogP contribution >= 0.6 is 0 Å². The van der Waals surface area contributed by atoms with Crippen molar-refractivity contribution in [2.75, 3.05) is 26.2 Å². The minimum absolute atomic E-state index is 0.158. The first-order valence-corrected chi connectivity index (χ1v) is 11.8. The van der Waals surface area contributed by atoms with Crippen molar-refractivity contribution < 1.29 is 13.2 Å². The lowest BCUT2D eigenvalue weighted by molar-refractivity contribution is 0.0690. The number of rotatable bonds is 4. The third-order valence-corrected chi connectivity index (χ3v) is 7.67. The topological polar surface area (TPSA) is 75.5 Å². The molecule has 0 radical (unpaired) electrons. The third-order valence-electron chi connectivity index (χ3n) is 5.78. The van der Waals surface area contributed by atoms with Gasteiger partial charge >= 0.3 is 0 Å². The Morgan fingerprint density at radius 2 is 1.50 bits per heavy atom. The summed E-state index contributed by atoms with van der Waals surface area (Å²) >= 11 is 0. The molecule has 1 aliphatic rings. The van der Waals surface area contributed by atoms with Crippen LogP contribution in [0.5, 0.6) is 0 Å². The lowest BCUT2D eigenvalue weighted by Crippen LogP contribution is -2.50. The number of para-hydroxylation sites is 1. The fourth-order valence-corrected chi connectivity index (χ4v) is 5.48. The molecular weight excluding hydrogens is 424 g/mol. The predicted molar refractivity (Wildman–Crippen MR) is 122 cm³/mol. The number of fused-ring (bicyclic) bond motifs is 1. The first-order valence-electron chi connectivity index (χ1n) is 10.4. The van der Waals surface area contributed by atoms with Crippen molar-refractivity contribution in [2.45, 2.75) is 4.90 Å². The van der Waals surface area contributed by atoms with E-state index in [9.17, 15) is 13.2 Å². The Balaban J connectivity index is 1.32. The molecule has 0 bridgehead atoms. The average molecular weight is 447 g/mol. The van der Waals surface area contributed by atoms with Gasteiger partial charge in [0, 0.05) is 31.9 Å². The monoisotopic (exact) mass is 446 g/mol. The fraction of sp³-hybridized carbons (Fsp3) is 0.167. The average Bonchev–Trinajstić information content (AvgIpc) is 3.34. The predicted octanol–water partition coefficient (Wildman–Crippen LogP) is 3.17. The van der Waals surface area contributed by atoms with Crippen LogP contribution in [-0.4, -0.2) is 59.3 Å². The van der Waals surface area contributed by atoms with Gasteiger partial charge in [-0.2, -0.15) is 4.31 Å². The number of hydrogen-bond donors (Lipinski definition) is 0. The second kappa shape index (κ2) is 8.22. The molecule has 1 fully saturated rings. The number of nitrogens with zero attached hydrogens (tertiary/aromatic N) is 4. The molecule has 1 amide bonds. The maximum atomic E-state index is 13.2. The van der Waals surface area contributed by atoms with E-state index in [0.29, 0.717) is 18.8 Å². The Hall–Kier alpha value is -3.49. The van der Waals surface area contributed by atoms with Crippen molar-refractivity contribution in [3.8, 4) is 5.69 Å². The van der Waals surface area contributed by atoms with Crippen LogP contribution < -0.4 is 0 Å². The number of piperazine rings is 1. The number of sulfonamides is 1. The highest BCUT2D eigenvalue weighted by Crippen LogP contribution is 2.23. The largest absolute Gasteiger partial charge is 0.335 e. The van der Waals surface area contributed by atoms with Crippen molar-refractivity contribution >= 4 is 26.7 Å². The highest BCUT2D eigenvalue weighted by atomic mass is 32.2. The van der Waals surface area contributed by atoms with Crippen LogP contribution in [0.15, 0.2) is 90.2 Å². The van der Waals surface area contributed by atoms with Crippen LogP contribution in [0, 0.1) is 0 Å². The Morgan fingerprint density at radius 1 is 0.812 bits per heavy atom. The number of imidazole rings is 1. The van der Waals surface area contributed by atoms with Crippen LogP contribution in [-0.2, 0) is 10.0 Å². The minimum atomic E-state index is -3.63. The zero-order valence-corrected chi connectivity index (χ0v) is 18.1. The molecule has 0 spiro atoms. The van der Waals surface area contributed by atoms with Gasteiger partial charge in [0.25, 0.3) is 5.91 Å². The normalized spacial score (nSPS) is 15.2. The van der Waals surface area contributed by atoms with E-state index in [1.807, 2.05) is 60.7 Å². The van der Waals surface area contributed by atoms with E-state index in [1.54, 1.807) is 34.1 Å². The van der Waals surface area contributed by atoms with Crippen LogP contribution in [0.2, 0.25) is 0 Å². The number of aromatic nitrogens is 2. The molecule has 0 atom stereocenters. The van der Waals surface area contributed by atoms with Crippen LogP contribution in [0.1, 0.15) is 10.5 Å². The molecule has 1 aromatic heterocycles. The highest BCUT2D eigenvalue weighted by molar-refractivity contribution is 7.89. The first kappa shape index (κ1) is 20.4. The van der Waals surface area contributed by atoms with E-state index in [1.165, 1.54) is 4.31 Å². The quantitative estimate of drug-likeness (QED) is 0.483. The maximum Gasteiger partial charge on any atom is 0.272 e. The van der Waals surface area contributed by atoms with E-state index in [2.05, 4.69) is 4.98 Å². The Labute approximate surface area is 186 Å². The summed E-state index contributed by atoms with van der Waals surface area (Å²) in [5, 5.41) is 1.88. The highest BCUT2D eigenvalue weighted by Gasteiger charge is 2.31. The maximum absolute atomic E-state index is 13.2. The van der Waals surface area contributed by atoms with Crippen LogP contribution in [0.3, 0.4) is 0 Å². The molecule has 8 heteroatoms. The third kappa shape index (κ3) is 3.68. The van der Waals surface area contributed by atoms with Gasteiger partial charge in [-0.3, -0.25) is 9.36 Å². The molecule has 0 saturated carbocycles. The fourth-order valence-electron chi connectivity index (χ4n) is 4.02. The van der Waals surface area contributed by atoms with Gasteiger partial charge in [0.05, 0.1) is 17.4 Å². The van der Waals surface area contributed by atoms with Crippen molar-refractivity contribution in [1.82, 2.24) is 18.8 Å². The number of carbonyl (C=O) groups excluding carboxylic acids is 1. The van der Waals surface area contributed by atoms with Gasteiger partial charge in [0.15, 0.2) is 0 Å². The second-order valence-electron chi connectivity index (χ2n) is 7.69.